The highest BCUT2D eigenvalue weighted by Gasteiger charge is 2.25. The number of amides is 2. The second-order valence-corrected chi connectivity index (χ2v) is 8.21. The number of carbonyl (C=O) groups excluding carboxylic acids is 2. The predicted octanol–water partition coefficient (Wildman–Crippen LogP) is 2.92. The van der Waals surface area contributed by atoms with Gasteiger partial charge in [0.2, 0.25) is 0 Å². The Bertz CT molecular complexity index is 1180. The van der Waals surface area contributed by atoms with Crippen molar-refractivity contribution in [2.75, 3.05) is 0 Å². The highest BCUT2D eigenvalue weighted by atomic mass is 16.5. The Labute approximate surface area is 205 Å². The van der Waals surface area contributed by atoms with E-state index in [4.69, 9.17) is 5.21 Å². The van der Waals surface area contributed by atoms with Gasteiger partial charge in [-0.05, 0) is 61.4 Å². The Hall–Kier alpha value is -3.96. The number of carbonyl (C=O) groups is 2. The van der Waals surface area contributed by atoms with Crippen LogP contribution in [0.1, 0.15) is 52.5 Å². The third kappa shape index (κ3) is 7.52. The molecule has 0 fully saturated rings. The number of hydrogen-bond acceptors (Lipinski definition) is 5. The van der Waals surface area contributed by atoms with Crippen LogP contribution in [-0.4, -0.2) is 34.3 Å². The summed E-state index contributed by atoms with van der Waals surface area (Å²) >= 11 is 0. The largest absolute Gasteiger partial charge is 0.391 e. The van der Waals surface area contributed by atoms with Crippen molar-refractivity contribution in [1.82, 2.24) is 16.1 Å². The van der Waals surface area contributed by atoms with E-state index >= 15 is 0 Å². The molecule has 3 rings (SSSR count). The van der Waals surface area contributed by atoms with Crippen molar-refractivity contribution in [1.29, 1.82) is 0 Å². The molecule has 3 atom stereocenters. The minimum absolute atomic E-state index is 0.255. The summed E-state index contributed by atoms with van der Waals surface area (Å²) < 4.78 is 0. The Kier molecular flexibility index (Phi) is 9.16. The summed E-state index contributed by atoms with van der Waals surface area (Å²) in [6, 6.07) is 23.9. The molecule has 7 nitrogen and oxygen atoms in total. The third-order valence-corrected chi connectivity index (χ3v) is 5.53. The molecule has 0 aliphatic heterocycles. The molecule has 2 unspecified atom stereocenters. The molecule has 0 saturated heterocycles. The molecule has 0 aliphatic carbocycles. The summed E-state index contributed by atoms with van der Waals surface area (Å²) in [4.78, 5) is 23.9. The molecule has 180 valence electrons. The molecule has 5 N–H and O–H groups in total. The average Bonchev–Trinajstić information content (AvgIpc) is 2.89. The van der Waals surface area contributed by atoms with Gasteiger partial charge in [0.25, 0.3) is 11.8 Å². The van der Waals surface area contributed by atoms with Crippen molar-refractivity contribution in [2.45, 2.75) is 38.6 Å². The molecule has 7 heteroatoms. The zero-order chi connectivity index (χ0) is 25.2. The number of benzene rings is 3. The van der Waals surface area contributed by atoms with Gasteiger partial charge in [-0.15, -0.1) is 0 Å². The number of nitrogens with one attached hydrogen (secondary N) is 3. The van der Waals surface area contributed by atoms with Crippen molar-refractivity contribution in [3.8, 4) is 11.8 Å². The smallest absolute Gasteiger partial charge is 0.268 e. The molecule has 3 aromatic rings. The Morgan fingerprint density at radius 3 is 1.97 bits per heavy atom. The van der Waals surface area contributed by atoms with Gasteiger partial charge in [-0.2, -0.15) is 0 Å². The van der Waals surface area contributed by atoms with Gasteiger partial charge in [0.15, 0.2) is 0 Å². The van der Waals surface area contributed by atoms with Crippen LogP contribution in [0.2, 0.25) is 0 Å². The summed E-state index contributed by atoms with van der Waals surface area (Å²) in [7, 11) is 0. The second kappa shape index (κ2) is 12.5. The fraction of sp³-hybridized carbons (Fsp3) is 0.214. The molecule has 0 aromatic heterocycles. The van der Waals surface area contributed by atoms with Crippen molar-refractivity contribution in [3.05, 3.63) is 107 Å². The van der Waals surface area contributed by atoms with E-state index in [9.17, 15) is 14.7 Å². The van der Waals surface area contributed by atoms with Crippen LogP contribution < -0.4 is 16.1 Å². The fourth-order valence-electron chi connectivity index (χ4n) is 3.39. The van der Waals surface area contributed by atoms with Gasteiger partial charge in [0.05, 0.1) is 6.10 Å². The van der Waals surface area contributed by atoms with Crippen LogP contribution in [0, 0.1) is 11.8 Å². The van der Waals surface area contributed by atoms with Gasteiger partial charge in [0.1, 0.15) is 6.04 Å². The molecule has 0 aliphatic rings. The SMILES string of the molecule is CC(O)C(NC(=O)c1ccc(C#Cc2ccc(CN[C@@H](C)c3ccccc3)cc2)cc1)C(=O)NO. The summed E-state index contributed by atoms with van der Waals surface area (Å²) in [6.45, 7) is 4.23. The van der Waals surface area contributed by atoms with Gasteiger partial charge in [-0.1, -0.05) is 54.3 Å². The third-order valence-electron chi connectivity index (χ3n) is 5.53. The van der Waals surface area contributed by atoms with Crippen molar-refractivity contribution < 1.29 is 19.9 Å². The molecule has 0 spiro atoms. The first kappa shape index (κ1) is 25.7. The minimum Gasteiger partial charge on any atom is -0.391 e. The first-order valence-corrected chi connectivity index (χ1v) is 11.3. The van der Waals surface area contributed by atoms with Crippen molar-refractivity contribution in [2.24, 2.45) is 0 Å². The number of hydroxylamine groups is 1. The van der Waals surface area contributed by atoms with E-state index in [2.05, 4.69) is 41.5 Å². The monoisotopic (exact) mass is 471 g/mol. The van der Waals surface area contributed by atoms with E-state index in [1.165, 1.54) is 23.5 Å². The van der Waals surface area contributed by atoms with Crippen LogP contribution in [0.15, 0.2) is 78.9 Å². The first-order chi connectivity index (χ1) is 16.9. The molecule has 35 heavy (non-hydrogen) atoms. The maximum Gasteiger partial charge on any atom is 0.268 e. The molecule has 2 amide bonds. The van der Waals surface area contributed by atoms with Gasteiger partial charge >= 0.3 is 0 Å². The highest BCUT2D eigenvalue weighted by Crippen LogP contribution is 2.13. The molecule has 0 heterocycles. The van der Waals surface area contributed by atoms with E-state index in [1.807, 2.05) is 42.5 Å². The summed E-state index contributed by atoms with van der Waals surface area (Å²) in [5.41, 5.74) is 5.75. The second-order valence-electron chi connectivity index (χ2n) is 8.21. The quantitative estimate of drug-likeness (QED) is 0.197. The molecule has 0 saturated carbocycles. The highest BCUT2D eigenvalue weighted by molar-refractivity contribution is 5.97. The zero-order valence-corrected chi connectivity index (χ0v) is 19.7. The van der Waals surface area contributed by atoms with Crippen molar-refractivity contribution >= 4 is 11.8 Å². The number of rotatable bonds is 8. The van der Waals surface area contributed by atoms with E-state index in [1.54, 1.807) is 24.3 Å². The number of hydrogen-bond donors (Lipinski definition) is 5. The molecule has 0 radical (unpaired) electrons. The van der Waals surface area contributed by atoms with Gasteiger partial charge in [-0.3, -0.25) is 14.8 Å². The summed E-state index contributed by atoms with van der Waals surface area (Å²) in [5.74, 6) is 4.73. The maximum absolute atomic E-state index is 12.4. The summed E-state index contributed by atoms with van der Waals surface area (Å²) in [5, 5.41) is 24.3. The summed E-state index contributed by atoms with van der Waals surface area (Å²) in [6.07, 6.45) is -1.18. The van der Waals surface area contributed by atoms with Gasteiger partial charge in [0, 0.05) is 29.3 Å². The maximum atomic E-state index is 12.4. The lowest BCUT2D eigenvalue weighted by Crippen LogP contribution is -2.51. The molecular weight excluding hydrogens is 442 g/mol. The van der Waals surface area contributed by atoms with E-state index in [-0.39, 0.29) is 6.04 Å². The van der Waals surface area contributed by atoms with Gasteiger partial charge in [-0.25, -0.2) is 5.48 Å². The van der Waals surface area contributed by atoms with E-state index in [0.717, 1.165) is 17.7 Å². The van der Waals surface area contributed by atoms with Gasteiger partial charge < -0.3 is 15.7 Å². The average molecular weight is 472 g/mol. The molecule has 3 aromatic carbocycles. The predicted molar refractivity (Wildman–Crippen MR) is 133 cm³/mol. The first-order valence-electron chi connectivity index (χ1n) is 11.3. The zero-order valence-electron chi connectivity index (χ0n) is 19.7. The Morgan fingerprint density at radius 1 is 0.857 bits per heavy atom. The van der Waals surface area contributed by atoms with E-state index in [0.29, 0.717) is 5.56 Å². The lowest BCUT2D eigenvalue weighted by atomic mass is 10.1. The normalized spacial score (nSPS) is 13.0. The van der Waals surface area contributed by atoms with Crippen LogP contribution in [0.4, 0.5) is 0 Å². The molecule has 0 bridgehead atoms. The van der Waals surface area contributed by atoms with Crippen LogP contribution in [0.5, 0.6) is 0 Å². The number of aliphatic hydroxyl groups excluding tert-OH is 1. The Morgan fingerprint density at radius 2 is 1.43 bits per heavy atom. The minimum atomic E-state index is -1.27. The van der Waals surface area contributed by atoms with Crippen LogP contribution in [0.3, 0.4) is 0 Å². The number of aliphatic hydroxyl groups is 1. The standard InChI is InChI=1S/C28H29N3O4/c1-19(24-6-4-3-5-7-24)29-18-23-12-10-21(11-13-23)8-9-22-14-16-25(17-15-22)27(33)30-26(20(2)32)28(34)31-35/h3-7,10-17,19-20,26,29,32,35H,18H2,1-2H3,(H,30,33)(H,31,34)/t19-,20?,26?/m0/s1. The van der Waals surface area contributed by atoms with Crippen molar-refractivity contribution in [3.63, 3.8) is 0 Å². The molecular formula is C28H29N3O4. The lowest BCUT2D eigenvalue weighted by Gasteiger charge is -2.19. The van der Waals surface area contributed by atoms with E-state index < -0.39 is 24.0 Å². The van der Waals surface area contributed by atoms with Crippen LogP contribution >= 0.6 is 0 Å². The lowest BCUT2D eigenvalue weighted by molar-refractivity contribution is -0.133. The fourth-order valence-corrected chi connectivity index (χ4v) is 3.39. The topological polar surface area (TPSA) is 111 Å². The van der Waals surface area contributed by atoms with Crippen LogP contribution in [-0.2, 0) is 11.3 Å². The van der Waals surface area contributed by atoms with Crippen LogP contribution in [0.25, 0.3) is 0 Å². The Balaban J connectivity index is 1.56.